The quantitative estimate of drug-likeness (QED) is 0.887. The number of nitrogens with zero attached hydrogens (tertiary/aromatic N) is 3. The van der Waals surface area contributed by atoms with Gasteiger partial charge in [-0.1, -0.05) is 32.9 Å². The smallest absolute Gasteiger partial charge is 0.345 e. The van der Waals surface area contributed by atoms with Gasteiger partial charge in [0, 0.05) is 24.2 Å². The monoisotopic (exact) mass is 358 g/mol. The number of carbonyl (C=O) groups excluding carboxylic acids is 1. The summed E-state index contributed by atoms with van der Waals surface area (Å²) >= 11 is 0. The van der Waals surface area contributed by atoms with Gasteiger partial charge >= 0.3 is 5.69 Å². The van der Waals surface area contributed by atoms with Gasteiger partial charge in [-0.25, -0.2) is 4.79 Å². The fraction of sp³-hybridized carbons (Fsp3) is 0.579. The average molecular weight is 358 g/mol. The van der Waals surface area contributed by atoms with Gasteiger partial charge in [0.05, 0.1) is 6.04 Å². The summed E-state index contributed by atoms with van der Waals surface area (Å²) in [6, 6.07) is 3.49. The van der Waals surface area contributed by atoms with E-state index >= 15 is 0 Å². The molecule has 0 radical (unpaired) electrons. The zero-order valence-electron chi connectivity index (χ0n) is 15.8. The first-order valence-electron chi connectivity index (χ1n) is 9.23. The molecule has 0 unspecified atom stereocenters. The van der Waals surface area contributed by atoms with Crippen LogP contribution in [0.3, 0.4) is 0 Å². The zero-order chi connectivity index (χ0) is 18.8. The zero-order valence-corrected chi connectivity index (χ0v) is 15.8. The Morgan fingerprint density at radius 2 is 2.12 bits per heavy atom. The van der Waals surface area contributed by atoms with Crippen LogP contribution >= 0.6 is 0 Å². The van der Waals surface area contributed by atoms with Gasteiger partial charge in [-0.05, 0) is 31.2 Å². The Morgan fingerprint density at radius 3 is 2.77 bits per heavy atom. The maximum Gasteiger partial charge on any atom is 0.345 e. The van der Waals surface area contributed by atoms with Crippen LogP contribution in [-0.2, 0) is 6.42 Å². The first-order chi connectivity index (χ1) is 12.3. The van der Waals surface area contributed by atoms with Crippen LogP contribution in [0.25, 0.3) is 0 Å². The maximum absolute atomic E-state index is 13.0. The third kappa shape index (κ3) is 3.86. The molecule has 2 aromatic heterocycles. The molecule has 7 nitrogen and oxygen atoms in total. The summed E-state index contributed by atoms with van der Waals surface area (Å²) < 4.78 is 5.40. The molecule has 1 aliphatic heterocycles. The van der Waals surface area contributed by atoms with E-state index in [1.54, 1.807) is 11.0 Å². The van der Waals surface area contributed by atoms with Gasteiger partial charge in [0.2, 0.25) is 0 Å². The molecule has 1 atom stereocenters. The average Bonchev–Trinajstić information content (AvgIpc) is 3.21. The van der Waals surface area contributed by atoms with Crippen molar-refractivity contribution in [1.82, 2.24) is 20.0 Å². The highest BCUT2D eigenvalue weighted by Crippen LogP contribution is 2.33. The van der Waals surface area contributed by atoms with Gasteiger partial charge in [-0.15, -0.1) is 0 Å². The van der Waals surface area contributed by atoms with Crippen LogP contribution < -0.4 is 5.69 Å². The summed E-state index contributed by atoms with van der Waals surface area (Å²) in [6.45, 7) is 8.83. The second-order valence-corrected chi connectivity index (χ2v) is 7.66. The summed E-state index contributed by atoms with van der Waals surface area (Å²) in [4.78, 5) is 33.3. The lowest BCUT2D eigenvalue weighted by molar-refractivity contribution is 0.0724. The molecule has 26 heavy (non-hydrogen) atoms. The summed E-state index contributed by atoms with van der Waals surface area (Å²) in [6.07, 6.45) is 2.42. The normalized spacial score (nSPS) is 17.5. The van der Waals surface area contributed by atoms with E-state index in [9.17, 15) is 9.59 Å². The highest BCUT2D eigenvalue weighted by atomic mass is 16.5. The Morgan fingerprint density at radius 1 is 1.35 bits per heavy atom. The summed E-state index contributed by atoms with van der Waals surface area (Å²) in [5.74, 6) is 1.21. The Hall–Kier alpha value is -2.44. The molecule has 0 aliphatic carbocycles. The minimum Gasteiger partial charge on any atom is -0.361 e. The van der Waals surface area contributed by atoms with E-state index in [1.807, 2.05) is 19.9 Å². The van der Waals surface area contributed by atoms with E-state index in [0.29, 0.717) is 18.9 Å². The van der Waals surface area contributed by atoms with Gasteiger partial charge in [-0.2, -0.15) is 4.98 Å². The molecule has 1 aliphatic rings. The number of rotatable bonds is 5. The Kier molecular flexibility index (Phi) is 5.25. The summed E-state index contributed by atoms with van der Waals surface area (Å²) in [5, 5.41) is 4.16. The minimum atomic E-state index is -0.481. The number of H-pyrrole nitrogens is 1. The number of nitrogens with one attached hydrogen (secondary N) is 1. The largest absolute Gasteiger partial charge is 0.361 e. The van der Waals surface area contributed by atoms with Crippen LogP contribution in [0.2, 0.25) is 0 Å². The van der Waals surface area contributed by atoms with Crippen molar-refractivity contribution in [2.75, 3.05) is 6.54 Å². The SMILES string of the molecule is CC(C)Cc1cc(C(=O)N2CCC[C@H]2c2cc(C(C)C)on2)nc(=O)[nH]1. The Labute approximate surface area is 152 Å². The van der Waals surface area contributed by atoms with Crippen LogP contribution in [0.15, 0.2) is 21.5 Å². The summed E-state index contributed by atoms with van der Waals surface area (Å²) in [7, 11) is 0. The molecule has 1 fully saturated rings. The lowest BCUT2D eigenvalue weighted by atomic mass is 10.1. The van der Waals surface area contributed by atoms with Crippen LogP contribution in [0, 0.1) is 5.92 Å². The lowest BCUT2D eigenvalue weighted by Crippen LogP contribution is -2.33. The molecule has 0 bridgehead atoms. The van der Waals surface area contributed by atoms with Crippen molar-refractivity contribution in [2.24, 2.45) is 5.92 Å². The first-order valence-corrected chi connectivity index (χ1v) is 9.23. The van der Waals surface area contributed by atoms with Gasteiger partial charge in [0.1, 0.15) is 17.1 Å². The summed E-state index contributed by atoms with van der Waals surface area (Å²) in [5.41, 5.74) is 1.23. The molecule has 0 spiro atoms. The molecular formula is C19H26N4O3. The van der Waals surface area contributed by atoms with Crippen molar-refractivity contribution in [1.29, 1.82) is 0 Å². The molecule has 3 rings (SSSR count). The van der Waals surface area contributed by atoms with Crippen molar-refractivity contribution in [3.05, 3.63) is 45.5 Å². The number of hydrogen-bond acceptors (Lipinski definition) is 5. The van der Waals surface area contributed by atoms with Crippen molar-refractivity contribution in [3.63, 3.8) is 0 Å². The fourth-order valence-electron chi connectivity index (χ4n) is 3.36. The third-order valence-corrected chi connectivity index (χ3v) is 4.62. The standard InChI is InChI=1S/C19H26N4O3/c1-11(2)8-13-9-15(21-19(25)20-13)18(24)23-7-5-6-16(23)14-10-17(12(3)4)26-22-14/h9-12,16H,5-8H2,1-4H3,(H,20,21,25)/t16-/m0/s1. The topological polar surface area (TPSA) is 92.1 Å². The van der Waals surface area contributed by atoms with E-state index in [4.69, 9.17) is 4.52 Å². The number of carbonyl (C=O) groups is 1. The van der Waals surface area contributed by atoms with Crippen LogP contribution in [-0.4, -0.2) is 32.5 Å². The van der Waals surface area contributed by atoms with E-state index < -0.39 is 5.69 Å². The fourth-order valence-corrected chi connectivity index (χ4v) is 3.36. The molecule has 1 amide bonds. The molecule has 0 saturated carbocycles. The highest BCUT2D eigenvalue weighted by Gasteiger charge is 2.33. The Balaban J connectivity index is 1.86. The number of aromatic nitrogens is 3. The number of hydrogen-bond donors (Lipinski definition) is 1. The van der Waals surface area contributed by atoms with Crippen molar-refractivity contribution < 1.29 is 9.32 Å². The molecule has 1 N–H and O–H groups in total. The van der Waals surface area contributed by atoms with Crippen LogP contribution in [0.4, 0.5) is 0 Å². The molecule has 2 aromatic rings. The van der Waals surface area contributed by atoms with Gasteiger partial charge in [0.15, 0.2) is 0 Å². The maximum atomic E-state index is 13.0. The van der Waals surface area contributed by atoms with E-state index in [0.717, 1.165) is 30.0 Å². The molecular weight excluding hydrogens is 332 g/mol. The first kappa shape index (κ1) is 18.4. The van der Waals surface area contributed by atoms with E-state index in [1.165, 1.54) is 0 Å². The number of amides is 1. The third-order valence-electron chi connectivity index (χ3n) is 4.62. The van der Waals surface area contributed by atoms with Gasteiger partial charge < -0.3 is 14.4 Å². The molecule has 0 aromatic carbocycles. The molecule has 3 heterocycles. The second-order valence-electron chi connectivity index (χ2n) is 7.66. The van der Waals surface area contributed by atoms with E-state index in [2.05, 4.69) is 29.0 Å². The molecule has 1 saturated heterocycles. The number of likely N-dealkylation sites (tertiary alicyclic amines) is 1. The molecule has 7 heteroatoms. The van der Waals surface area contributed by atoms with Gasteiger partial charge in [0.25, 0.3) is 5.91 Å². The lowest BCUT2D eigenvalue weighted by Gasteiger charge is -2.22. The van der Waals surface area contributed by atoms with Gasteiger partial charge in [-0.3, -0.25) is 4.79 Å². The van der Waals surface area contributed by atoms with Crippen molar-refractivity contribution >= 4 is 5.91 Å². The second kappa shape index (κ2) is 7.43. The van der Waals surface area contributed by atoms with E-state index in [-0.39, 0.29) is 23.6 Å². The van der Waals surface area contributed by atoms with Crippen molar-refractivity contribution in [2.45, 2.75) is 58.9 Å². The predicted octanol–water partition coefficient (Wildman–Crippen LogP) is 3.06. The predicted molar refractivity (Wildman–Crippen MR) is 97.0 cm³/mol. The van der Waals surface area contributed by atoms with Crippen LogP contribution in [0.5, 0.6) is 0 Å². The minimum absolute atomic E-state index is 0.131. The van der Waals surface area contributed by atoms with Crippen molar-refractivity contribution in [3.8, 4) is 0 Å². The highest BCUT2D eigenvalue weighted by molar-refractivity contribution is 5.92. The van der Waals surface area contributed by atoms with Crippen LogP contribution in [0.1, 0.15) is 80.1 Å². The Bertz CT molecular complexity index is 837. The number of aromatic amines is 1. The molecule has 140 valence electrons.